The zero-order chi connectivity index (χ0) is 27.8. The van der Waals surface area contributed by atoms with Gasteiger partial charge in [-0.15, -0.1) is 0 Å². The lowest BCUT2D eigenvalue weighted by Gasteiger charge is -2.28. The van der Waals surface area contributed by atoms with Gasteiger partial charge in [0.05, 0.1) is 13.2 Å². The van der Waals surface area contributed by atoms with Crippen molar-refractivity contribution in [3.8, 4) is 22.3 Å². The van der Waals surface area contributed by atoms with Crippen molar-refractivity contribution in [2.24, 2.45) is 0 Å². The van der Waals surface area contributed by atoms with Crippen molar-refractivity contribution >= 4 is 0 Å². The number of rotatable bonds is 12. The number of hydrogen-bond donors (Lipinski definition) is 0. The molecule has 0 bridgehead atoms. The fourth-order valence-corrected chi connectivity index (χ4v) is 5.04. The van der Waals surface area contributed by atoms with Crippen LogP contribution in [0.1, 0.15) is 68.9 Å². The first kappa shape index (κ1) is 29.0. The van der Waals surface area contributed by atoms with E-state index in [1.807, 2.05) is 0 Å². The van der Waals surface area contributed by atoms with Gasteiger partial charge in [0.1, 0.15) is 0 Å². The first-order chi connectivity index (χ1) is 18.9. The van der Waals surface area contributed by atoms with Gasteiger partial charge in [0.25, 0.3) is 0 Å². The Labute approximate surface area is 228 Å². The second kappa shape index (κ2) is 13.9. The molecule has 0 atom stereocenters. The minimum Gasteiger partial charge on any atom is -0.348 e. The fourth-order valence-electron chi connectivity index (χ4n) is 5.04. The van der Waals surface area contributed by atoms with Gasteiger partial charge < -0.3 is 9.47 Å². The van der Waals surface area contributed by atoms with Crippen molar-refractivity contribution in [2.75, 3.05) is 13.2 Å². The number of halogens is 4. The average molecular weight is 541 g/mol. The Kier molecular flexibility index (Phi) is 10.4. The topological polar surface area (TPSA) is 18.5 Å². The molecule has 0 unspecified atom stereocenters. The lowest BCUT2D eigenvalue weighted by atomic mass is 9.94. The molecule has 1 saturated heterocycles. The molecule has 6 heteroatoms. The number of hydrogen-bond acceptors (Lipinski definition) is 2. The van der Waals surface area contributed by atoms with Crippen LogP contribution in [0.15, 0.2) is 61.2 Å². The zero-order valence-electron chi connectivity index (χ0n) is 22.5. The number of aryl methyl sites for hydroxylation is 1. The summed E-state index contributed by atoms with van der Waals surface area (Å²) in [4.78, 5) is 0. The minimum absolute atomic E-state index is 0.0844. The molecule has 39 heavy (non-hydrogen) atoms. The molecule has 208 valence electrons. The van der Waals surface area contributed by atoms with E-state index in [1.165, 1.54) is 43.9 Å². The van der Waals surface area contributed by atoms with Gasteiger partial charge in [0.2, 0.25) is 0 Å². The van der Waals surface area contributed by atoms with Crippen LogP contribution in [0.4, 0.5) is 17.6 Å². The highest BCUT2D eigenvalue weighted by Gasteiger charge is 2.26. The first-order valence-corrected chi connectivity index (χ1v) is 13.9. The molecule has 0 saturated carbocycles. The summed E-state index contributed by atoms with van der Waals surface area (Å²) in [5.74, 6) is -4.06. The Morgan fingerprint density at radius 2 is 1.23 bits per heavy atom. The van der Waals surface area contributed by atoms with Crippen LogP contribution < -0.4 is 0 Å². The van der Waals surface area contributed by atoms with E-state index in [2.05, 4.69) is 13.5 Å². The van der Waals surface area contributed by atoms with Crippen molar-refractivity contribution < 1.29 is 27.0 Å². The fraction of sp³-hybridized carbons (Fsp3) is 0.394. The molecular formula is C33H36F4O2. The maximum absolute atomic E-state index is 15.1. The van der Waals surface area contributed by atoms with E-state index >= 15 is 4.39 Å². The molecule has 1 fully saturated rings. The number of ether oxygens (including phenoxy) is 2. The molecule has 1 aliphatic rings. The predicted octanol–water partition coefficient (Wildman–Crippen LogP) is 9.51. The molecule has 3 aromatic rings. The molecule has 3 aromatic carbocycles. The summed E-state index contributed by atoms with van der Waals surface area (Å²) in [7, 11) is 0. The van der Waals surface area contributed by atoms with Crippen molar-refractivity contribution in [3.05, 3.63) is 95.6 Å². The van der Waals surface area contributed by atoms with Crippen molar-refractivity contribution in [3.63, 3.8) is 0 Å². The number of benzene rings is 3. The molecule has 0 aromatic heterocycles. The van der Waals surface area contributed by atoms with E-state index in [1.54, 1.807) is 36.4 Å². The summed E-state index contributed by atoms with van der Waals surface area (Å²) >= 11 is 0. The van der Waals surface area contributed by atoms with Crippen LogP contribution in [-0.4, -0.2) is 19.5 Å². The van der Waals surface area contributed by atoms with Gasteiger partial charge >= 0.3 is 0 Å². The van der Waals surface area contributed by atoms with Crippen LogP contribution >= 0.6 is 0 Å². The molecule has 4 rings (SSSR count). The van der Waals surface area contributed by atoms with Gasteiger partial charge in [-0.1, -0.05) is 101 Å². The normalized spacial score (nSPS) is 17.4. The summed E-state index contributed by atoms with van der Waals surface area (Å²) in [6.07, 6.45) is 9.25. The Hall–Kier alpha value is -2.96. The molecule has 0 N–H and O–H groups in total. The van der Waals surface area contributed by atoms with Crippen LogP contribution in [0, 0.1) is 23.3 Å². The summed E-state index contributed by atoms with van der Waals surface area (Å²) in [6, 6.07) is 12.6. The van der Waals surface area contributed by atoms with Gasteiger partial charge in [-0.25, -0.2) is 17.6 Å². The summed E-state index contributed by atoms with van der Waals surface area (Å²) in [5.41, 5.74) is 1.68. The lowest BCUT2D eigenvalue weighted by Crippen LogP contribution is -2.30. The molecule has 0 spiro atoms. The third-order valence-corrected chi connectivity index (χ3v) is 7.39. The van der Waals surface area contributed by atoms with Crippen LogP contribution in [0.5, 0.6) is 0 Å². The van der Waals surface area contributed by atoms with Crippen molar-refractivity contribution in [1.29, 1.82) is 0 Å². The Bertz CT molecular complexity index is 1250. The second-order valence-corrected chi connectivity index (χ2v) is 10.1. The van der Waals surface area contributed by atoms with Gasteiger partial charge in [0, 0.05) is 17.0 Å². The second-order valence-electron chi connectivity index (χ2n) is 10.1. The highest BCUT2D eigenvalue weighted by atomic mass is 19.2. The van der Waals surface area contributed by atoms with E-state index in [0.29, 0.717) is 23.1 Å². The standard InChI is InChI=1S/C33H36F4O2/c1-3-5-6-7-8-9-10-11-24-16-17-26(31(35)30(24)34)22-12-14-23(15-13-22)27-18-19-28(33(37)32(27)36)25-20-38-29(4-2)39-21-25/h4,12-19,25,29H,2-3,5-11,20-21H2,1H3. The van der Waals surface area contributed by atoms with Crippen molar-refractivity contribution in [1.82, 2.24) is 0 Å². The van der Waals surface area contributed by atoms with Crippen molar-refractivity contribution in [2.45, 2.75) is 70.5 Å². The summed E-state index contributed by atoms with van der Waals surface area (Å²) < 4.78 is 70.7. The molecule has 2 nitrogen and oxygen atoms in total. The Morgan fingerprint density at radius 3 is 1.82 bits per heavy atom. The highest BCUT2D eigenvalue weighted by Crippen LogP contribution is 2.34. The van der Waals surface area contributed by atoms with E-state index in [9.17, 15) is 13.2 Å². The van der Waals surface area contributed by atoms with Crippen LogP contribution in [-0.2, 0) is 15.9 Å². The Morgan fingerprint density at radius 1 is 0.692 bits per heavy atom. The molecule has 0 amide bonds. The third-order valence-electron chi connectivity index (χ3n) is 7.39. The van der Waals surface area contributed by atoms with Crippen LogP contribution in [0.25, 0.3) is 22.3 Å². The molecule has 1 aliphatic heterocycles. The Balaban J connectivity index is 1.43. The van der Waals surface area contributed by atoms with Crippen LogP contribution in [0.3, 0.4) is 0 Å². The lowest BCUT2D eigenvalue weighted by molar-refractivity contribution is -0.159. The molecule has 0 aliphatic carbocycles. The van der Waals surface area contributed by atoms with E-state index < -0.39 is 35.5 Å². The van der Waals surface area contributed by atoms with E-state index in [4.69, 9.17) is 9.47 Å². The summed E-state index contributed by atoms with van der Waals surface area (Å²) in [6.45, 7) is 6.17. The summed E-state index contributed by atoms with van der Waals surface area (Å²) in [5, 5.41) is 0. The van der Waals surface area contributed by atoms with Crippen LogP contribution in [0.2, 0.25) is 0 Å². The maximum Gasteiger partial charge on any atom is 0.176 e. The first-order valence-electron chi connectivity index (χ1n) is 13.9. The highest BCUT2D eigenvalue weighted by molar-refractivity contribution is 5.71. The average Bonchev–Trinajstić information content (AvgIpc) is 2.96. The van der Waals surface area contributed by atoms with Gasteiger partial charge in [0.15, 0.2) is 29.6 Å². The molecule has 1 heterocycles. The van der Waals surface area contributed by atoms with E-state index in [0.717, 1.165) is 19.3 Å². The predicted molar refractivity (Wildman–Crippen MR) is 147 cm³/mol. The smallest absolute Gasteiger partial charge is 0.176 e. The molecular weight excluding hydrogens is 504 g/mol. The minimum atomic E-state index is -0.974. The van der Waals surface area contributed by atoms with Gasteiger partial charge in [-0.2, -0.15) is 0 Å². The monoisotopic (exact) mass is 540 g/mol. The number of unbranched alkanes of at least 4 members (excludes halogenated alkanes) is 6. The third kappa shape index (κ3) is 6.98. The van der Waals surface area contributed by atoms with Gasteiger partial charge in [-0.3, -0.25) is 0 Å². The van der Waals surface area contributed by atoms with Gasteiger partial charge in [-0.05, 0) is 41.2 Å². The maximum atomic E-state index is 15.1. The SMILES string of the molecule is C=CC1OCC(c2ccc(-c3ccc(-c4ccc(CCCCCCCCC)c(F)c4F)cc3)c(F)c2F)CO1. The van der Waals surface area contributed by atoms with E-state index in [-0.39, 0.29) is 29.9 Å². The zero-order valence-corrected chi connectivity index (χ0v) is 22.5. The molecule has 0 radical (unpaired) electrons. The largest absolute Gasteiger partial charge is 0.348 e. The quantitative estimate of drug-likeness (QED) is 0.129.